The molecule has 0 unspecified atom stereocenters. The first-order valence-electron chi connectivity index (χ1n) is 10.2. The average Bonchev–Trinajstić information content (AvgIpc) is 2.62. The summed E-state index contributed by atoms with van der Waals surface area (Å²) in [7, 11) is -1.43. The Balaban J connectivity index is 2.31. The Hall–Kier alpha value is -1.94. The molecule has 0 saturated carbocycles. The molecule has 0 bridgehead atoms. The largest absolute Gasteiger partial charge is 0.455 e. The van der Waals surface area contributed by atoms with E-state index in [9.17, 15) is 0 Å². The maximum absolute atomic E-state index is 6.81. The van der Waals surface area contributed by atoms with E-state index >= 15 is 0 Å². The molecule has 2 aromatic carbocycles. The number of ether oxygens (including phenoxy) is 1. The van der Waals surface area contributed by atoms with Crippen molar-refractivity contribution in [2.75, 3.05) is 0 Å². The molecule has 1 aliphatic heterocycles. The molecule has 0 aromatic heterocycles. The molecule has 3 heteroatoms. The van der Waals surface area contributed by atoms with Gasteiger partial charge in [0.2, 0.25) is 0 Å². The molecule has 30 heavy (non-hydrogen) atoms. The third-order valence-corrected chi connectivity index (χ3v) is 10.3. The third-order valence-electron chi connectivity index (χ3n) is 5.55. The van der Waals surface area contributed by atoms with Crippen LogP contribution in [0.5, 0.6) is 11.5 Å². The quantitative estimate of drug-likeness (QED) is 0.414. The summed E-state index contributed by atoms with van der Waals surface area (Å²) in [6.45, 7) is 30.0. The highest BCUT2D eigenvalue weighted by molar-refractivity contribution is 7.74. The van der Waals surface area contributed by atoms with Crippen LogP contribution >= 0.6 is 15.8 Å². The van der Waals surface area contributed by atoms with E-state index < -0.39 is 15.8 Å². The third kappa shape index (κ3) is 3.75. The van der Waals surface area contributed by atoms with E-state index in [1.165, 1.54) is 21.7 Å². The number of allylic oxidation sites excluding steroid dienone is 4. The average molecular weight is 435 g/mol. The summed E-state index contributed by atoms with van der Waals surface area (Å²) in [6, 6.07) is 13.0. The summed E-state index contributed by atoms with van der Waals surface area (Å²) in [5, 5.41) is 6.95. The highest BCUT2D eigenvalue weighted by Crippen LogP contribution is 2.58. The zero-order chi connectivity index (χ0) is 22.4. The van der Waals surface area contributed by atoms with E-state index in [0.29, 0.717) is 0 Å². The van der Waals surface area contributed by atoms with Gasteiger partial charge in [0.05, 0.1) is 0 Å². The van der Waals surface area contributed by atoms with Crippen molar-refractivity contribution in [2.45, 2.75) is 47.0 Å². The fraction of sp³-hybridized carbons (Fsp3) is 0.259. The maximum Gasteiger partial charge on any atom is 0.139 e. The SMILES string of the molecule is C=C(C)P(C(=C)C)c1cccc2c1Oc1c(P(C(=C)C)C(=C)C)cccc1C2(C)C. The molecule has 0 radical (unpaired) electrons. The number of para-hydroxylation sites is 2. The highest BCUT2D eigenvalue weighted by Gasteiger charge is 2.38. The van der Waals surface area contributed by atoms with Crippen molar-refractivity contribution in [3.8, 4) is 11.5 Å². The molecule has 1 heterocycles. The number of hydrogen-bond donors (Lipinski definition) is 0. The zero-order valence-electron chi connectivity index (χ0n) is 19.1. The van der Waals surface area contributed by atoms with Gasteiger partial charge in [-0.1, -0.05) is 76.6 Å². The molecule has 0 atom stereocenters. The van der Waals surface area contributed by atoms with Crippen LogP contribution in [-0.2, 0) is 5.41 Å². The first kappa shape index (κ1) is 22.7. The standard InChI is InChI=1S/C27H32OP2/c1-17(2)29(18(3)4)23-15-11-13-21-25(23)28-26-22(27(21,9)10)14-12-16-24(26)30(19(5)6)20(7)8/h11-16H,1,3,5,7H2,2,4,6,8-10H3. The van der Waals surface area contributed by atoms with E-state index in [2.05, 4.69) is 104 Å². The minimum atomic E-state index is -0.713. The zero-order valence-corrected chi connectivity index (χ0v) is 20.9. The van der Waals surface area contributed by atoms with Gasteiger partial charge in [-0.25, -0.2) is 0 Å². The Morgan fingerprint density at radius 1 is 0.667 bits per heavy atom. The van der Waals surface area contributed by atoms with Gasteiger partial charge in [-0.3, -0.25) is 0 Å². The van der Waals surface area contributed by atoms with Gasteiger partial charge in [0.1, 0.15) is 11.5 Å². The maximum atomic E-state index is 6.81. The summed E-state index contributed by atoms with van der Waals surface area (Å²) in [5.41, 5.74) is 2.26. The van der Waals surface area contributed by atoms with Crippen LogP contribution in [0.25, 0.3) is 0 Å². The van der Waals surface area contributed by atoms with Gasteiger partial charge >= 0.3 is 0 Å². The van der Waals surface area contributed by atoms with E-state index in [1.807, 2.05) is 0 Å². The Morgan fingerprint density at radius 3 is 1.30 bits per heavy atom. The van der Waals surface area contributed by atoms with Crippen LogP contribution < -0.4 is 15.3 Å². The van der Waals surface area contributed by atoms with Crippen LogP contribution in [0.2, 0.25) is 0 Å². The molecule has 0 saturated heterocycles. The molecule has 0 amide bonds. The molecule has 0 fully saturated rings. The molecular weight excluding hydrogens is 402 g/mol. The minimum absolute atomic E-state index is 0.175. The number of benzene rings is 2. The normalized spacial score (nSPS) is 14.0. The lowest BCUT2D eigenvalue weighted by Gasteiger charge is -2.38. The lowest BCUT2D eigenvalue weighted by molar-refractivity contribution is 0.425. The first-order chi connectivity index (χ1) is 14.0. The number of rotatable bonds is 6. The number of hydrogen-bond acceptors (Lipinski definition) is 1. The second-order valence-electron chi connectivity index (χ2n) is 8.65. The van der Waals surface area contributed by atoms with Crippen molar-refractivity contribution < 1.29 is 4.74 Å². The van der Waals surface area contributed by atoms with Gasteiger partial charge in [-0.15, -0.1) is 0 Å². The molecule has 3 rings (SSSR count). The van der Waals surface area contributed by atoms with Crippen molar-refractivity contribution in [3.63, 3.8) is 0 Å². The fourth-order valence-electron chi connectivity index (χ4n) is 4.32. The first-order valence-corrected chi connectivity index (χ1v) is 12.8. The van der Waals surface area contributed by atoms with E-state index in [4.69, 9.17) is 4.74 Å². The van der Waals surface area contributed by atoms with Crippen LogP contribution in [0.1, 0.15) is 52.7 Å². The van der Waals surface area contributed by atoms with E-state index in [-0.39, 0.29) is 5.41 Å². The lowest BCUT2D eigenvalue weighted by Crippen LogP contribution is -2.29. The van der Waals surface area contributed by atoms with Crippen LogP contribution in [-0.4, -0.2) is 0 Å². The summed E-state index contributed by atoms with van der Waals surface area (Å²) in [4.78, 5) is 0. The molecule has 0 spiro atoms. The van der Waals surface area contributed by atoms with Crippen molar-refractivity contribution in [2.24, 2.45) is 0 Å². The topological polar surface area (TPSA) is 9.23 Å². The van der Waals surface area contributed by atoms with Crippen molar-refractivity contribution in [1.82, 2.24) is 0 Å². The van der Waals surface area contributed by atoms with Crippen molar-refractivity contribution >= 4 is 26.5 Å². The van der Waals surface area contributed by atoms with Gasteiger partial charge in [-0.05, 0) is 64.8 Å². The Morgan fingerprint density at radius 2 is 1.00 bits per heavy atom. The molecule has 0 N–H and O–H groups in total. The predicted molar refractivity (Wildman–Crippen MR) is 137 cm³/mol. The number of fused-ring (bicyclic) bond motifs is 2. The summed E-state index contributed by atoms with van der Waals surface area (Å²) >= 11 is 0. The van der Waals surface area contributed by atoms with Crippen LogP contribution in [0.4, 0.5) is 0 Å². The second-order valence-corrected chi connectivity index (χ2v) is 14.0. The molecule has 0 aliphatic carbocycles. The van der Waals surface area contributed by atoms with E-state index in [1.54, 1.807) is 0 Å². The van der Waals surface area contributed by atoms with Gasteiger partial charge in [0.15, 0.2) is 0 Å². The smallest absolute Gasteiger partial charge is 0.139 e. The van der Waals surface area contributed by atoms with Crippen molar-refractivity contribution in [3.05, 3.63) is 95.1 Å². The van der Waals surface area contributed by atoms with Crippen LogP contribution in [0.15, 0.2) is 84.0 Å². The second kappa shape index (κ2) is 8.30. The van der Waals surface area contributed by atoms with Crippen LogP contribution in [0, 0.1) is 0 Å². The Bertz CT molecular complexity index is 963. The monoisotopic (exact) mass is 434 g/mol. The minimum Gasteiger partial charge on any atom is -0.455 e. The van der Waals surface area contributed by atoms with Gasteiger partial charge < -0.3 is 4.74 Å². The summed E-state index contributed by atoms with van der Waals surface area (Å²) < 4.78 is 6.81. The molecule has 1 nitrogen and oxygen atoms in total. The van der Waals surface area contributed by atoms with Crippen LogP contribution in [0.3, 0.4) is 0 Å². The van der Waals surface area contributed by atoms with Gasteiger partial charge in [-0.2, -0.15) is 0 Å². The Labute approximate surface area is 184 Å². The molecule has 2 aromatic rings. The molecular formula is C27H32OP2. The highest BCUT2D eigenvalue weighted by atomic mass is 31.1. The fourth-order valence-corrected chi connectivity index (χ4v) is 8.48. The summed E-state index contributed by atoms with van der Waals surface area (Å²) in [5.74, 6) is 1.94. The van der Waals surface area contributed by atoms with Gasteiger partial charge in [0.25, 0.3) is 0 Å². The van der Waals surface area contributed by atoms with E-state index in [0.717, 1.165) is 32.8 Å². The lowest BCUT2D eigenvalue weighted by atomic mass is 9.76. The van der Waals surface area contributed by atoms with Crippen molar-refractivity contribution in [1.29, 1.82) is 0 Å². The summed E-state index contributed by atoms with van der Waals surface area (Å²) in [6.07, 6.45) is 0. The molecule has 156 valence electrons. The predicted octanol–water partition coefficient (Wildman–Crippen LogP) is 8.47. The van der Waals surface area contributed by atoms with Gasteiger partial charge in [0, 0.05) is 27.2 Å². The Kier molecular flexibility index (Phi) is 6.29. The molecule has 1 aliphatic rings.